The smallest absolute Gasteiger partial charge is 0.256 e. The molecule has 8 nitrogen and oxygen atoms in total. The summed E-state index contributed by atoms with van der Waals surface area (Å²) >= 11 is 0. The number of anilines is 2. The van der Waals surface area contributed by atoms with Crippen LogP contribution in [0.4, 0.5) is 99.2 Å². The summed E-state index contributed by atoms with van der Waals surface area (Å²) in [5.41, 5.74) is -17.7. The van der Waals surface area contributed by atoms with Gasteiger partial charge in [0.25, 0.3) is 11.8 Å². The number of carbonyl (C=O) groups is 2. The standard InChI is InChI=1S/C76H56F20N6O2Si2/c1-27(2)105(28(3)4,29(5)6)23-21-33-37-13-17-41(97-37)47(51-55(77)63(85)71(93)64(86)56(51)78)35-25-46(102-75(35)103)50(54-61(83)69(91)74(96)70(92)62(54)84)44-20-16-40(100-44)34(22-24-106(30(7)8,31(9)10)32(11)12)38-14-18-42(98-38)48(52-57(79)65(87)72(94)66(88)58(52)80)36-26-45(101-76(36)104)49(43-19-15-39(33)99-43)53-59(81)67(89)73(95)68(90)60(53)82/h13-20,25-32,97-98H,1-12H3,(H,101,104)(H,102,103). The van der Waals surface area contributed by atoms with Gasteiger partial charge >= 0.3 is 0 Å². The summed E-state index contributed by atoms with van der Waals surface area (Å²) in [4.78, 5) is 44.3. The maximum atomic E-state index is 16.8. The van der Waals surface area contributed by atoms with Crippen LogP contribution in [0.3, 0.4) is 0 Å². The second kappa shape index (κ2) is 28.1. The quantitative estimate of drug-likeness (QED) is 0.0359. The van der Waals surface area contributed by atoms with Gasteiger partial charge in [-0.3, -0.25) is 9.59 Å². The van der Waals surface area contributed by atoms with E-state index in [1.807, 2.05) is 83.1 Å². The van der Waals surface area contributed by atoms with Crippen molar-refractivity contribution in [1.82, 2.24) is 19.9 Å². The second-order valence-electron chi connectivity index (χ2n) is 27.2. The monoisotopic (exact) mass is 1520 g/mol. The van der Waals surface area contributed by atoms with E-state index in [0.29, 0.717) is 12.1 Å². The van der Waals surface area contributed by atoms with Crippen LogP contribution in [0, 0.1) is 139 Å². The van der Waals surface area contributed by atoms with Gasteiger partial charge in [-0.1, -0.05) is 94.9 Å². The van der Waals surface area contributed by atoms with Crippen molar-refractivity contribution in [3.63, 3.8) is 0 Å². The molecule has 7 heterocycles. The molecular weight excluding hydrogens is 1470 g/mol. The number of halogens is 20. The second-order valence-corrected chi connectivity index (χ2v) is 38.3. The number of rotatable bonds is 10. The highest BCUT2D eigenvalue weighted by Crippen LogP contribution is 2.49. The number of aromatic amines is 2. The van der Waals surface area contributed by atoms with E-state index in [9.17, 15) is 9.59 Å². The molecule has 2 amide bonds. The van der Waals surface area contributed by atoms with Crippen LogP contribution in [-0.2, 0) is 0 Å². The minimum atomic E-state index is -3.08. The topological polar surface area (TPSA) is 116 Å². The zero-order valence-electron chi connectivity index (χ0n) is 57.5. The molecule has 4 aliphatic rings. The largest absolute Gasteiger partial charge is 0.354 e. The number of benzene rings is 4. The molecule has 4 aromatic carbocycles. The molecule has 11 rings (SSSR count). The van der Waals surface area contributed by atoms with Gasteiger partial charge in [0, 0.05) is 33.3 Å². The van der Waals surface area contributed by atoms with Crippen LogP contribution in [0.25, 0.3) is 90.9 Å². The molecular formula is C76H56F20N6O2Si2. The first-order valence-corrected chi connectivity index (χ1v) is 37.0. The number of aromatic nitrogens is 4. The Hall–Kier alpha value is -10.5. The Morgan fingerprint density at radius 1 is 0.292 bits per heavy atom. The molecule has 4 N–H and O–H groups in total. The molecule has 3 aromatic heterocycles. The van der Waals surface area contributed by atoms with Crippen LogP contribution in [0.5, 0.6) is 0 Å². The zero-order chi connectivity index (χ0) is 78.0. The molecule has 30 heteroatoms. The van der Waals surface area contributed by atoms with Gasteiger partial charge in [0.05, 0.1) is 89.7 Å². The highest BCUT2D eigenvalue weighted by atomic mass is 28.3. The van der Waals surface area contributed by atoms with Gasteiger partial charge in [-0.15, -0.1) is 11.1 Å². The van der Waals surface area contributed by atoms with Crippen molar-refractivity contribution in [2.24, 2.45) is 0 Å². The molecule has 0 atom stereocenters. The van der Waals surface area contributed by atoms with Gasteiger partial charge in [-0.2, -0.15) is 0 Å². The van der Waals surface area contributed by atoms with E-state index in [0.717, 1.165) is 48.6 Å². The fraction of sp³-hybridized carbons (Fsp3) is 0.237. The SMILES string of the molecule is CC(C)[Si](C#Cc1c2nc(c(-c3c(F)c(F)c(F)c(F)c3F)c3cc(c(-c4c(F)c(F)c(F)c(F)c4F)c4ccc([nH]4)c(C#C[Si](C(C)C)(C(C)C)C(C)C)c4nc(c(-c5c(F)c(F)c(F)c(F)c5F)c5cc(c(-c6c(F)c(F)c(F)c(F)c6F)c6ccc1[nH]6)C(=O)N5)C=C4)C(=O)N3)C=C2)(C(C)C)C(C)C. The number of hydrogen-bond acceptors (Lipinski definition) is 4. The van der Waals surface area contributed by atoms with Crippen LogP contribution in [0.2, 0.25) is 33.2 Å². The van der Waals surface area contributed by atoms with Crippen LogP contribution in [0.15, 0.2) is 36.4 Å². The molecule has 4 aliphatic heterocycles. The number of H-pyrrole nitrogens is 2. The van der Waals surface area contributed by atoms with Gasteiger partial charge < -0.3 is 20.6 Å². The Balaban J connectivity index is 1.49. The maximum Gasteiger partial charge on any atom is 0.256 e. The Kier molecular flexibility index (Phi) is 20.3. The summed E-state index contributed by atoms with van der Waals surface area (Å²) in [6.07, 6.45) is 3.72. The number of nitrogens with one attached hydrogen (secondary N) is 4. The van der Waals surface area contributed by atoms with Crippen molar-refractivity contribution >= 4 is 85.7 Å². The molecule has 7 aromatic rings. The van der Waals surface area contributed by atoms with E-state index >= 15 is 87.8 Å². The first-order chi connectivity index (χ1) is 49.7. The van der Waals surface area contributed by atoms with Crippen molar-refractivity contribution in [2.45, 2.75) is 116 Å². The Morgan fingerprint density at radius 3 is 0.755 bits per heavy atom. The number of amides is 2. The third-order valence-electron chi connectivity index (χ3n) is 19.8. The van der Waals surface area contributed by atoms with Gasteiger partial charge in [0.2, 0.25) is 23.3 Å². The lowest BCUT2D eigenvalue weighted by Gasteiger charge is -2.38. The lowest BCUT2D eigenvalue weighted by Crippen LogP contribution is -2.43. The summed E-state index contributed by atoms with van der Waals surface area (Å²) in [6.45, 7) is 22.2. The Morgan fingerprint density at radius 2 is 0.509 bits per heavy atom. The van der Waals surface area contributed by atoms with Crippen LogP contribution >= 0.6 is 0 Å². The molecule has 0 unspecified atom stereocenters. The first kappa shape index (κ1) is 76.7. The van der Waals surface area contributed by atoms with Gasteiger partial charge in [0.15, 0.2) is 93.1 Å². The minimum Gasteiger partial charge on any atom is -0.354 e. The van der Waals surface area contributed by atoms with Crippen LogP contribution in [0.1, 0.15) is 138 Å². The Bertz CT molecular complexity index is 5120. The lowest BCUT2D eigenvalue weighted by atomic mass is 9.98. The fourth-order valence-corrected chi connectivity index (χ4v) is 25.3. The van der Waals surface area contributed by atoms with E-state index in [1.165, 1.54) is 0 Å². The summed E-state index contributed by atoms with van der Waals surface area (Å²) in [5, 5.41) is 4.27. The average Bonchev–Trinajstić information content (AvgIpc) is 1.58. The van der Waals surface area contributed by atoms with Crippen molar-refractivity contribution in [3.8, 4) is 67.4 Å². The summed E-state index contributed by atoms with van der Waals surface area (Å²) in [6, 6.07) is 4.77. The van der Waals surface area contributed by atoms with Gasteiger partial charge in [-0.05, 0) is 93.9 Å². The predicted octanol–water partition coefficient (Wildman–Crippen LogP) is 22.6. The van der Waals surface area contributed by atoms with E-state index in [2.05, 4.69) is 53.5 Å². The zero-order valence-corrected chi connectivity index (χ0v) is 59.5. The van der Waals surface area contributed by atoms with E-state index in [1.54, 1.807) is 0 Å². The molecule has 0 saturated carbocycles. The highest BCUT2D eigenvalue weighted by Gasteiger charge is 2.44. The highest BCUT2D eigenvalue weighted by molar-refractivity contribution is 6.91. The third-order valence-corrected chi connectivity index (χ3v) is 32.4. The molecule has 106 heavy (non-hydrogen) atoms. The summed E-state index contributed by atoms with van der Waals surface area (Å²) in [5.74, 6) is -49.7. The number of fused-ring (bicyclic) bond motifs is 12. The lowest BCUT2D eigenvalue weighted by molar-refractivity contribution is 0.102. The van der Waals surface area contributed by atoms with Crippen molar-refractivity contribution in [3.05, 3.63) is 198 Å². The first-order valence-electron chi connectivity index (χ1n) is 32.5. The summed E-state index contributed by atoms with van der Waals surface area (Å²) in [7, 11) is -6.15. The molecule has 0 saturated heterocycles. The molecule has 550 valence electrons. The van der Waals surface area contributed by atoms with Gasteiger partial charge in [0.1, 0.15) is 16.1 Å². The molecule has 0 spiro atoms. The predicted molar refractivity (Wildman–Crippen MR) is 367 cm³/mol. The Labute approximate surface area is 592 Å². The molecule has 12 bridgehead atoms. The number of hydrogen-bond donors (Lipinski definition) is 4. The maximum absolute atomic E-state index is 16.8. The number of carbonyl (C=O) groups excluding carboxylic acids is 2. The van der Waals surface area contributed by atoms with Crippen molar-refractivity contribution in [1.29, 1.82) is 0 Å². The van der Waals surface area contributed by atoms with Crippen molar-refractivity contribution < 1.29 is 97.4 Å². The fourth-order valence-electron chi connectivity index (χ4n) is 14.8. The number of nitrogens with zero attached hydrogens (tertiary/aromatic N) is 2. The van der Waals surface area contributed by atoms with Crippen LogP contribution in [-0.4, -0.2) is 47.9 Å². The van der Waals surface area contributed by atoms with E-state index < -0.39 is 267 Å². The average molecular weight is 1520 g/mol. The minimum absolute atomic E-state index is 0.229. The van der Waals surface area contributed by atoms with Gasteiger partial charge in [-0.25, -0.2) is 97.8 Å². The van der Waals surface area contributed by atoms with E-state index in [-0.39, 0.29) is 33.2 Å². The molecule has 0 fully saturated rings. The third kappa shape index (κ3) is 12.1. The van der Waals surface area contributed by atoms with Crippen molar-refractivity contribution in [2.75, 3.05) is 10.6 Å². The van der Waals surface area contributed by atoms with E-state index in [4.69, 9.17) is 0 Å². The van der Waals surface area contributed by atoms with Crippen LogP contribution < -0.4 is 10.6 Å². The normalized spacial score (nSPS) is 13.0. The molecule has 0 aliphatic carbocycles. The summed E-state index contributed by atoms with van der Waals surface area (Å²) < 4.78 is 321. The molecule has 0 radical (unpaired) electrons.